The van der Waals surface area contributed by atoms with Gasteiger partial charge in [0.2, 0.25) is 0 Å². The molecule has 11 nitrogen and oxygen atoms in total. The number of nitrogens with one attached hydrogen (secondary N) is 1. The molecule has 0 spiro atoms. The second-order valence-corrected chi connectivity index (χ2v) is 10.8. The third kappa shape index (κ3) is 7.64. The van der Waals surface area contributed by atoms with Gasteiger partial charge in [-0.05, 0) is 48.0 Å². The number of rotatable bonds is 12. The van der Waals surface area contributed by atoms with E-state index in [1.807, 2.05) is 66.7 Å². The third-order valence-corrected chi connectivity index (χ3v) is 7.94. The number of carbonyl (C=O) groups excluding carboxylic acids is 1. The number of pyridine rings is 1. The molecule has 0 unspecified atom stereocenters. The zero-order valence-electron chi connectivity index (χ0n) is 22.9. The summed E-state index contributed by atoms with van der Waals surface area (Å²) in [6.45, 7) is 0. The van der Waals surface area contributed by atoms with Crippen LogP contribution in [0.25, 0.3) is 17.1 Å². The summed E-state index contributed by atoms with van der Waals surface area (Å²) in [5, 5.41) is 25.4. The predicted octanol–water partition coefficient (Wildman–Crippen LogP) is 5.78. The molecule has 2 heterocycles. The van der Waals surface area contributed by atoms with Gasteiger partial charge in [-0.2, -0.15) is 5.10 Å². The summed E-state index contributed by atoms with van der Waals surface area (Å²) < 4.78 is 7.27. The topological polar surface area (TPSA) is 137 Å². The summed E-state index contributed by atoms with van der Waals surface area (Å²) in [7, 11) is 1.63. The highest BCUT2D eigenvalue weighted by molar-refractivity contribution is 7.99. The Bertz CT molecular complexity index is 1750. The lowest BCUT2D eigenvalue weighted by molar-refractivity contribution is -0.384. The Morgan fingerprint density at radius 3 is 2.63 bits per heavy atom. The van der Waals surface area contributed by atoms with Gasteiger partial charge in [0.15, 0.2) is 11.0 Å². The fourth-order valence-corrected chi connectivity index (χ4v) is 5.62. The minimum Gasteiger partial charge on any atom is -0.496 e. The fraction of sp³-hybridized carbons (Fsp3) is 0.100. The zero-order valence-corrected chi connectivity index (χ0v) is 24.5. The monoisotopic (exact) mass is 611 g/mol. The van der Waals surface area contributed by atoms with E-state index in [0.717, 1.165) is 27.6 Å². The SMILES string of the molecule is COc1ccc(C=NNC(=O)CSc2nnc(-c3cccc([N+](=O)[O-])c3)n2-c2ccccc2)cc1CSc1ccccn1. The lowest BCUT2D eigenvalue weighted by atomic mass is 10.1. The van der Waals surface area contributed by atoms with E-state index in [1.54, 1.807) is 48.0 Å². The Morgan fingerprint density at radius 2 is 1.86 bits per heavy atom. The molecule has 3 aromatic carbocycles. The molecule has 5 aromatic rings. The van der Waals surface area contributed by atoms with Gasteiger partial charge in [-0.1, -0.05) is 48.2 Å². The summed E-state index contributed by atoms with van der Waals surface area (Å²) >= 11 is 2.77. The molecule has 0 bridgehead atoms. The number of thioether (sulfide) groups is 2. The second-order valence-electron chi connectivity index (χ2n) is 8.89. The molecule has 0 aliphatic rings. The van der Waals surface area contributed by atoms with Gasteiger partial charge < -0.3 is 4.74 Å². The lowest BCUT2D eigenvalue weighted by Gasteiger charge is -2.10. The quantitative estimate of drug-likeness (QED) is 0.0805. The molecular weight excluding hydrogens is 587 g/mol. The maximum absolute atomic E-state index is 12.7. The molecule has 0 saturated heterocycles. The number of non-ortho nitro benzene ring substituents is 1. The molecule has 0 aliphatic carbocycles. The Hall–Kier alpha value is -5.01. The van der Waals surface area contributed by atoms with Crippen LogP contribution in [0, 0.1) is 10.1 Å². The van der Waals surface area contributed by atoms with Crippen LogP contribution in [0.15, 0.2) is 112 Å². The Morgan fingerprint density at radius 1 is 1.02 bits per heavy atom. The highest BCUT2D eigenvalue weighted by Crippen LogP contribution is 2.30. The van der Waals surface area contributed by atoms with Gasteiger partial charge in [0.1, 0.15) is 5.75 Å². The highest BCUT2D eigenvalue weighted by Gasteiger charge is 2.19. The fourth-order valence-electron chi connectivity index (χ4n) is 4.04. The Kier molecular flexibility index (Phi) is 9.77. The zero-order chi connectivity index (χ0) is 30.0. The van der Waals surface area contributed by atoms with Crippen molar-refractivity contribution in [3.8, 4) is 22.8 Å². The van der Waals surface area contributed by atoms with Gasteiger partial charge in [0.25, 0.3) is 11.6 Å². The van der Waals surface area contributed by atoms with Crippen molar-refractivity contribution in [2.75, 3.05) is 12.9 Å². The Balaban J connectivity index is 1.26. The first kappa shape index (κ1) is 29.5. The van der Waals surface area contributed by atoms with Gasteiger partial charge >= 0.3 is 0 Å². The van der Waals surface area contributed by atoms with E-state index in [2.05, 4.69) is 25.7 Å². The van der Waals surface area contributed by atoms with Crippen LogP contribution < -0.4 is 10.2 Å². The lowest BCUT2D eigenvalue weighted by Crippen LogP contribution is -2.20. The molecule has 5 rings (SSSR count). The number of amides is 1. The molecule has 0 aliphatic heterocycles. The van der Waals surface area contributed by atoms with E-state index < -0.39 is 4.92 Å². The second kappa shape index (κ2) is 14.2. The number of nitrogens with zero attached hydrogens (tertiary/aromatic N) is 6. The number of carbonyl (C=O) groups is 1. The molecule has 13 heteroatoms. The number of hydrogen-bond acceptors (Lipinski definition) is 10. The molecule has 1 N–H and O–H groups in total. The molecule has 0 radical (unpaired) electrons. The van der Waals surface area contributed by atoms with Crippen molar-refractivity contribution in [2.45, 2.75) is 15.9 Å². The van der Waals surface area contributed by atoms with Crippen molar-refractivity contribution < 1.29 is 14.5 Å². The van der Waals surface area contributed by atoms with E-state index in [9.17, 15) is 14.9 Å². The molecule has 1 amide bonds. The number of para-hydroxylation sites is 1. The molecule has 0 saturated carbocycles. The van der Waals surface area contributed by atoms with Gasteiger partial charge in [-0.25, -0.2) is 10.4 Å². The molecule has 2 aromatic heterocycles. The van der Waals surface area contributed by atoms with Gasteiger partial charge in [-0.15, -0.1) is 22.0 Å². The standard InChI is InChI=1S/C30H25N7O4S2/c1-41-26-14-13-21(16-23(26)19-42-28-12-5-6-15-31-28)18-32-33-27(38)20-43-30-35-34-29(36(30)24-9-3-2-4-10-24)22-8-7-11-25(17-22)37(39)40/h2-18H,19-20H2,1H3,(H,33,38). The van der Waals surface area contributed by atoms with Gasteiger partial charge in [0, 0.05) is 40.9 Å². The van der Waals surface area contributed by atoms with Crippen molar-refractivity contribution in [1.82, 2.24) is 25.2 Å². The molecule has 43 heavy (non-hydrogen) atoms. The van der Waals surface area contributed by atoms with E-state index >= 15 is 0 Å². The summed E-state index contributed by atoms with van der Waals surface area (Å²) in [5.41, 5.74) is 5.57. The molecule has 0 atom stereocenters. The Labute approximate surface area is 255 Å². The van der Waals surface area contributed by atoms with Crippen LogP contribution in [-0.2, 0) is 10.5 Å². The number of methoxy groups -OCH3 is 1. The number of nitro benzene ring substituents is 1. The van der Waals surface area contributed by atoms with Crippen LogP contribution >= 0.6 is 23.5 Å². The molecular formula is C30H25N7O4S2. The number of hydrogen-bond donors (Lipinski definition) is 1. The third-order valence-electron chi connectivity index (χ3n) is 6.02. The van der Waals surface area contributed by atoms with Crippen molar-refractivity contribution in [2.24, 2.45) is 5.10 Å². The average molecular weight is 612 g/mol. The van der Waals surface area contributed by atoms with E-state index in [1.165, 1.54) is 23.9 Å². The summed E-state index contributed by atoms with van der Waals surface area (Å²) in [5.74, 6) is 1.53. The van der Waals surface area contributed by atoms with Crippen LogP contribution in [0.4, 0.5) is 5.69 Å². The summed E-state index contributed by atoms with van der Waals surface area (Å²) in [4.78, 5) is 27.9. The number of benzene rings is 3. The highest BCUT2D eigenvalue weighted by atomic mass is 32.2. The first-order valence-corrected chi connectivity index (χ1v) is 14.9. The van der Waals surface area contributed by atoms with Crippen LogP contribution in [0.3, 0.4) is 0 Å². The smallest absolute Gasteiger partial charge is 0.270 e. The van der Waals surface area contributed by atoms with Crippen molar-refractivity contribution in [1.29, 1.82) is 0 Å². The number of aromatic nitrogens is 4. The summed E-state index contributed by atoms with van der Waals surface area (Å²) in [6.07, 6.45) is 3.33. The van der Waals surface area contributed by atoms with E-state index in [0.29, 0.717) is 22.3 Å². The van der Waals surface area contributed by atoms with Gasteiger partial charge in [-0.3, -0.25) is 19.5 Å². The van der Waals surface area contributed by atoms with Crippen LogP contribution in [-0.4, -0.2) is 49.7 Å². The maximum atomic E-state index is 12.7. The van der Waals surface area contributed by atoms with Crippen LogP contribution in [0.2, 0.25) is 0 Å². The van der Waals surface area contributed by atoms with Crippen molar-refractivity contribution >= 4 is 41.3 Å². The van der Waals surface area contributed by atoms with Crippen LogP contribution in [0.1, 0.15) is 11.1 Å². The number of hydrazone groups is 1. The molecule has 216 valence electrons. The minimum atomic E-state index is -0.457. The first-order chi connectivity index (χ1) is 21.0. The number of ether oxygens (including phenoxy) is 1. The maximum Gasteiger partial charge on any atom is 0.270 e. The van der Waals surface area contributed by atoms with Crippen molar-refractivity contribution in [3.63, 3.8) is 0 Å². The van der Waals surface area contributed by atoms with Crippen molar-refractivity contribution in [3.05, 3.63) is 118 Å². The normalized spacial score (nSPS) is 11.0. The van der Waals surface area contributed by atoms with E-state index in [-0.39, 0.29) is 17.3 Å². The largest absolute Gasteiger partial charge is 0.496 e. The average Bonchev–Trinajstić information content (AvgIpc) is 3.48. The predicted molar refractivity (Wildman–Crippen MR) is 167 cm³/mol. The van der Waals surface area contributed by atoms with Crippen LogP contribution in [0.5, 0.6) is 5.75 Å². The first-order valence-electron chi connectivity index (χ1n) is 12.9. The van der Waals surface area contributed by atoms with E-state index in [4.69, 9.17) is 4.74 Å². The van der Waals surface area contributed by atoms with Gasteiger partial charge in [0.05, 0.1) is 29.0 Å². The minimum absolute atomic E-state index is 0.0197. The number of nitro groups is 1. The molecule has 0 fully saturated rings. The summed E-state index contributed by atoms with van der Waals surface area (Å²) in [6, 6.07) is 27.0.